The highest BCUT2D eigenvalue weighted by atomic mass is 16.6. The molecule has 1 fully saturated rings. The molecule has 1 aliphatic rings. The van der Waals surface area contributed by atoms with Gasteiger partial charge in [0.1, 0.15) is 6.20 Å². The largest absolute Gasteiger partial charge is 0.346 e. The Bertz CT molecular complexity index is 510. The first kappa shape index (κ1) is 15.4. The van der Waals surface area contributed by atoms with Crippen LogP contribution in [0.25, 0.3) is 0 Å². The fraction of sp³-hybridized carbons (Fsp3) is 0.667. The van der Waals surface area contributed by atoms with Gasteiger partial charge in [-0.3, -0.25) is 15.5 Å². The molecule has 9 nitrogen and oxygen atoms in total. The number of hydrazine groups is 1. The summed E-state index contributed by atoms with van der Waals surface area (Å²) in [4.78, 5) is 23.1. The van der Waals surface area contributed by atoms with Crippen LogP contribution in [-0.4, -0.2) is 52.5 Å². The molecule has 1 saturated heterocycles. The summed E-state index contributed by atoms with van der Waals surface area (Å²) in [6, 6.07) is 0.178. The lowest BCUT2D eigenvalue weighted by atomic mass is 10.2. The lowest BCUT2D eigenvalue weighted by Gasteiger charge is -2.30. The number of nitrogen functional groups attached to an aromatic ring is 1. The molecule has 2 rings (SSSR count). The molecule has 0 spiro atoms. The first-order chi connectivity index (χ1) is 10.1. The average Bonchev–Trinajstić information content (AvgIpc) is 2.67. The zero-order chi connectivity index (χ0) is 15.4. The van der Waals surface area contributed by atoms with Crippen molar-refractivity contribution < 1.29 is 4.92 Å². The maximum absolute atomic E-state index is 11.2. The summed E-state index contributed by atoms with van der Waals surface area (Å²) in [6.07, 6.45) is 3.02. The maximum atomic E-state index is 11.2. The molecule has 0 amide bonds. The predicted molar refractivity (Wildman–Crippen MR) is 80.0 cm³/mol. The summed E-state index contributed by atoms with van der Waals surface area (Å²) in [5.74, 6) is 5.84. The standard InChI is InChI=1S/C12H21N7O2/c1-3-9-8-17(2)5-4-6-18(9)11-10(19(20)21)7-14-12(15-11)16-13/h7,9H,3-6,8,13H2,1-2H3,(H,14,15,16). The van der Waals surface area contributed by atoms with Crippen molar-refractivity contribution in [3.05, 3.63) is 16.3 Å². The average molecular weight is 295 g/mol. The molecular formula is C12H21N7O2. The Balaban J connectivity index is 2.43. The molecule has 0 aromatic carbocycles. The van der Waals surface area contributed by atoms with E-state index in [0.29, 0.717) is 5.82 Å². The van der Waals surface area contributed by atoms with Gasteiger partial charge in [-0.1, -0.05) is 6.92 Å². The number of aromatic nitrogens is 2. The molecule has 0 radical (unpaired) electrons. The van der Waals surface area contributed by atoms with Gasteiger partial charge in [-0.15, -0.1) is 0 Å². The van der Waals surface area contributed by atoms with Gasteiger partial charge in [0, 0.05) is 19.1 Å². The van der Waals surface area contributed by atoms with Crippen LogP contribution in [0.15, 0.2) is 6.20 Å². The summed E-state index contributed by atoms with van der Waals surface area (Å²) in [6.45, 7) is 4.62. The van der Waals surface area contributed by atoms with Crippen molar-refractivity contribution in [2.24, 2.45) is 5.84 Å². The fourth-order valence-corrected chi connectivity index (χ4v) is 2.65. The Morgan fingerprint density at radius 3 is 2.95 bits per heavy atom. The van der Waals surface area contributed by atoms with E-state index in [-0.39, 0.29) is 17.7 Å². The minimum atomic E-state index is -0.447. The van der Waals surface area contributed by atoms with Gasteiger partial charge in [0.2, 0.25) is 11.8 Å². The molecule has 0 aliphatic carbocycles. The molecule has 2 heterocycles. The first-order valence-electron chi connectivity index (χ1n) is 7.00. The van der Waals surface area contributed by atoms with Crippen LogP contribution in [0, 0.1) is 10.1 Å². The lowest BCUT2D eigenvalue weighted by molar-refractivity contribution is -0.384. The summed E-state index contributed by atoms with van der Waals surface area (Å²) in [5, 5.41) is 11.2. The van der Waals surface area contributed by atoms with E-state index >= 15 is 0 Å². The molecule has 21 heavy (non-hydrogen) atoms. The highest BCUT2D eigenvalue weighted by molar-refractivity contribution is 5.59. The predicted octanol–water partition coefficient (Wildman–Crippen LogP) is 0.591. The van der Waals surface area contributed by atoms with E-state index < -0.39 is 4.92 Å². The van der Waals surface area contributed by atoms with E-state index in [0.717, 1.165) is 32.5 Å². The Labute approximate surface area is 123 Å². The van der Waals surface area contributed by atoms with Gasteiger partial charge in [0.25, 0.3) is 0 Å². The minimum Gasteiger partial charge on any atom is -0.346 e. The Hall–Kier alpha value is -2.00. The van der Waals surface area contributed by atoms with Gasteiger partial charge in [-0.2, -0.15) is 4.98 Å². The fourth-order valence-electron chi connectivity index (χ4n) is 2.65. The molecule has 3 N–H and O–H groups in total. The smallest absolute Gasteiger partial charge is 0.329 e. The number of hydrogen-bond acceptors (Lipinski definition) is 8. The van der Waals surface area contributed by atoms with Crippen LogP contribution in [-0.2, 0) is 0 Å². The zero-order valence-electron chi connectivity index (χ0n) is 12.3. The molecule has 9 heteroatoms. The number of hydrogen-bond donors (Lipinski definition) is 2. The maximum Gasteiger partial charge on any atom is 0.329 e. The Morgan fingerprint density at radius 2 is 2.33 bits per heavy atom. The van der Waals surface area contributed by atoms with Crippen LogP contribution < -0.4 is 16.2 Å². The Kier molecular flexibility index (Phi) is 4.86. The van der Waals surface area contributed by atoms with Crippen molar-refractivity contribution in [1.82, 2.24) is 14.9 Å². The van der Waals surface area contributed by atoms with Gasteiger partial charge in [0.05, 0.1) is 4.92 Å². The molecule has 1 aromatic heterocycles. The van der Waals surface area contributed by atoms with Gasteiger partial charge in [-0.25, -0.2) is 10.8 Å². The van der Waals surface area contributed by atoms with Crippen LogP contribution in [0.5, 0.6) is 0 Å². The van der Waals surface area contributed by atoms with Crippen LogP contribution in [0.1, 0.15) is 19.8 Å². The van der Waals surface area contributed by atoms with Crippen molar-refractivity contribution in [3.63, 3.8) is 0 Å². The number of likely N-dealkylation sites (N-methyl/N-ethyl adjacent to an activating group) is 1. The van der Waals surface area contributed by atoms with Gasteiger partial charge in [-0.05, 0) is 26.4 Å². The van der Waals surface area contributed by atoms with Gasteiger partial charge < -0.3 is 9.80 Å². The third-order valence-electron chi connectivity index (χ3n) is 3.72. The van der Waals surface area contributed by atoms with Crippen molar-refractivity contribution in [2.45, 2.75) is 25.8 Å². The van der Waals surface area contributed by atoms with E-state index in [9.17, 15) is 10.1 Å². The highest BCUT2D eigenvalue weighted by Gasteiger charge is 2.29. The van der Waals surface area contributed by atoms with E-state index in [1.54, 1.807) is 0 Å². The number of anilines is 2. The molecule has 1 aromatic rings. The number of nitrogens with two attached hydrogens (primary N) is 1. The summed E-state index contributed by atoms with van der Waals surface area (Å²) >= 11 is 0. The zero-order valence-corrected chi connectivity index (χ0v) is 12.3. The number of nitrogens with zero attached hydrogens (tertiary/aromatic N) is 5. The minimum absolute atomic E-state index is 0.0861. The van der Waals surface area contributed by atoms with Gasteiger partial charge >= 0.3 is 5.69 Å². The van der Waals surface area contributed by atoms with Crippen LogP contribution in [0.2, 0.25) is 0 Å². The first-order valence-corrected chi connectivity index (χ1v) is 7.00. The van der Waals surface area contributed by atoms with Crippen LogP contribution in [0.4, 0.5) is 17.5 Å². The van der Waals surface area contributed by atoms with E-state index in [4.69, 9.17) is 5.84 Å². The summed E-state index contributed by atoms with van der Waals surface area (Å²) < 4.78 is 0. The Morgan fingerprint density at radius 1 is 1.57 bits per heavy atom. The third-order valence-corrected chi connectivity index (χ3v) is 3.72. The van der Waals surface area contributed by atoms with Crippen molar-refractivity contribution in [2.75, 3.05) is 37.0 Å². The van der Waals surface area contributed by atoms with Crippen molar-refractivity contribution >= 4 is 17.5 Å². The summed E-state index contributed by atoms with van der Waals surface area (Å²) in [5.41, 5.74) is 2.26. The second kappa shape index (κ2) is 6.64. The molecule has 116 valence electrons. The quantitative estimate of drug-likeness (QED) is 0.471. The van der Waals surface area contributed by atoms with Gasteiger partial charge in [0.15, 0.2) is 0 Å². The molecule has 0 bridgehead atoms. The highest BCUT2D eigenvalue weighted by Crippen LogP contribution is 2.29. The molecule has 1 unspecified atom stereocenters. The SMILES string of the molecule is CCC1CN(C)CCCN1c1nc(NN)ncc1[N+](=O)[O-]. The number of nitro groups is 1. The topological polar surface area (TPSA) is 113 Å². The third kappa shape index (κ3) is 3.37. The van der Waals surface area contributed by atoms with E-state index in [1.165, 1.54) is 6.20 Å². The second-order valence-electron chi connectivity index (χ2n) is 5.18. The van der Waals surface area contributed by atoms with Crippen LogP contribution in [0.3, 0.4) is 0 Å². The summed E-state index contributed by atoms with van der Waals surface area (Å²) in [7, 11) is 2.06. The molecule has 0 saturated carbocycles. The lowest BCUT2D eigenvalue weighted by Crippen LogP contribution is -2.40. The van der Waals surface area contributed by atoms with E-state index in [1.807, 2.05) is 4.90 Å². The van der Waals surface area contributed by atoms with Crippen molar-refractivity contribution in [1.29, 1.82) is 0 Å². The molecule has 1 atom stereocenters. The van der Waals surface area contributed by atoms with Crippen molar-refractivity contribution in [3.8, 4) is 0 Å². The number of nitrogens with one attached hydrogen (secondary N) is 1. The second-order valence-corrected chi connectivity index (χ2v) is 5.18. The number of rotatable bonds is 4. The van der Waals surface area contributed by atoms with E-state index in [2.05, 4.69) is 34.3 Å². The molecular weight excluding hydrogens is 274 g/mol. The van der Waals surface area contributed by atoms with Crippen LogP contribution >= 0.6 is 0 Å². The normalized spacial score (nSPS) is 20.1. The molecule has 1 aliphatic heterocycles. The monoisotopic (exact) mass is 295 g/mol.